The van der Waals surface area contributed by atoms with Gasteiger partial charge in [0.1, 0.15) is 0 Å². The van der Waals surface area contributed by atoms with Gasteiger partial charge >= 0.3 is 0 Å². The van der Waals surface area contributed by atoms with E-state index in [0.717, 1.165) is 31.0 Å². The summed E-state index contributed by atoms with van der Waals surface area (Å²) in [7, 11) is 2.15. The van der Waals surface area contributed by atoms with Crippen LogP contribution in [0.5, 0.6) is 0 Å². The molecule has 3 heterocycles. The van der Waals surface area contributed by atoms with Crippen LogP contribution < -0.4 is 0 Å². The summed E-state index contributed by atoms with van der Waals surface area (Å²) in [5.41, 5.74) is 6.34. The van der Waals surface area contributed by atoms with Gasteiger partial charge in [-0.05, 0) is 56.0 Å². The highest BCUT2D eigenvalue weighted by atomic mass is 32.1. The van der Waals surface area contributed by atoms with E-state index in [1.54, 1.807) is 0 Å². The number of carbonyl (C=O) groups excluding carboxylic acids is 1. The number of nitrogens with zero attached hydrogens (tertiary/aromatic N) is 2. The summed E-state index contributed by atoms with van der Waals surface area (Å²) in [6.45, 7) is 5.99. The van der Waals surface area contributed by atoms with E-state index in [1.165, 1.54) is 33.2 Å². The Morgan fingerprint density at radius 3 is 2.85 bits per heavy atom. The third kappa shape index (κ3) is 2.16. The van der Waals surface area contributed by atoms with Crippen molar-refractivity contribution in [2.75, 3.05) is 20.1 Å². The van der Waals surface area contributed by atoms with Crippen molar-refractivity contribution in [1.29, 1.82) is 0 Å². The first-order valence-electron chi connectivity index (χ1n) is 9.51. The van der Waals surface area contributed by atoms with Crippen LogP contribution in [-0.2, 0) is 11.2 Å². The van der Waals surface area contributed by atoms with Crippen LogP contribution in [0, 0.1) is 12.8 Å². The highest BCUT2D eigenvalue weighted by Crippen LogP contribution is 2.44. The van der Waals surface area contributed by atoms with Gasteiger partial charge in [-0.2, -0.15) is 0 Å². The third-order valence-corrected chi connectivity index (χ3v) is 7.01. The molecule has 1 aromatic heterocycles. The Labute approximate surface area is 159 Å². The van der Waals surface area contributed by atoms with E-state index >= 15 is 0 Å². The van der Waals surface area contributed by atoms with Crippen LogP contribution >= 0.6 is 12.6 Å². The Hall–Kier alpha value is -1.72. The molecular formula is C21H25N3OS. The first-order chi connectivity index (χ1) is 12.5. The molecule has 0 spiro atoms. The van der Waals surface area contributed by atoms with Crippen LogP contribution in [0.15, 0.2) is 23.2 Å². The zero-order valence-corrected chi connectivity index (χ0v) is 16.4. The topological polar surface area (TPSA) is 39.3 Å². The molecule has 3 aliphatic rings. The first-order valence-corrected chi connectivity index (χ1v) is 9.96. The largest absolute Gasteiger partial charge is 0.349 e. The number of rotatable bonds is 1. The number of hydrogen-bond donors (Lipinski definition) is 2. The number of aromatic nitrogens is 1. The summed E-state index contributed by atoms with van der Waals surface area (Å²) in [5, 5.41) is 2.28. The number of aryl methyl sites for hydroxylation is 1. The molecule has 5 heteroatoms. The van der Waals surface area contributed by atoms with Crippen molar-refractivity contribution < 1.29 is 4.79 Å². The highest BCUT2D eigenvalue weighted by molar-refractivity contribution is 7.80. The minimum Gasteiger partial charge on any atom is -0.349 e. The van der Waals surface area contributed by atoms with Gasteiger partial charge in [-0.25, -0.2) is 0 Å². The normalized spacial score (nSPS) is 27.9. The van der Waals surface area contributed by atoms with E-state index in [-0.39, 0.29) is 5.92 Å². The maximum absolute atomic E-state index is 13.0. The smallest absolute Gasteiger partial charge is 0.231 e. The first kappa shape index (κ1) is 16.5. The van der Waals surface area contributed by atoms with Crippen LogP contribution in [0.4, 0.5) is 0 Å². The van der Waals surface area contributed by atoms with E-state index < -0.39 is 0 Å². The number of likely N-dealkylation sites (tertiary alicyclic amines) is 1. The fourth-order valence-corrected chi connectivity index (χ4v) is 5.24. The molecule has 0 radical (unpaired) electrons. The Balaban J connectivity index is 1.63. The summed E-state index contributed by atoms with van der Waals surface area (Å²) in [6.07, 6.45) is 4.35. The predicted octanol–water partition coefficient (Wildman–Crippen LogP) is 3.26. The zero-order valence-electron chi connectivity index (χ0n) is 15.5. The molecule has 2 aliphatic heterocycles. The number of benzene rings is 1. The fraction of sp³-hybridized carbons (Fsp3) is 0.476. The number of thiol groups is 1. The van der Waals surface area contributed by atoms with E-state index in [9.17, 15) is 4.79 Å². The van der Waals surface area contributed by atoms with Crippen LogP contribution in [0.2, 0.25) is 0 Å². The van der Waals surface area contributed by atoms with Crippen molar-refractivity contribution in [3.63, 3.8) is 0 Å². The summed E-state index contributed by atoms with van der Waals surface area (Å²) in [6, 6.07) is 5.13. The summed E-state index contributed by atoms with van der Waals surface area (Å²) in [4.78, 5) is 20.9. The Kier molecular flexibility index (Phi) is 3.57. The van der Waals surface area contributed by atoms with Crippen LogP contribution in [0.25, 0.3) is 16.5 Å². The van der Waals surface area contributed by atoms with Crippen molar-refractivity contribution in [3.8, 4) is 0 Å². The summed E-state index contributed by atoms with van der Waals surface area (Å²) >= 11 is 4.70. The average molecular weight is 368 g/mol. The lowest BCUT2D eigenvalue weighted by Crippen LogP contribution is -2.54. The molecule has 1 saturated heterocycles. The molecule has 1 amide bonds. The second kappa shape index (κ2) is 5.64. The van der Waals surface area contributed by atoms with Crippen LogP contribution in [0.1, 0.15) is 30.0 Å². The van der Waals surface area contributed by atoms with Crippen LogP contribution in [0.3, 0.4) is 0 Å². The van der Waals surface area contributed by atoms with Gasteiger partial charge in [-0.1, -0.05) is 18.2 Å². The van der Waals surface area contributed by atoms with Crippen molar-refractivity contribution >= 4 is 35.0 Å². The molecule has 0 bridgehead atoms. The van der Waals surface area contributed by atoms with Gasteiger partial charge in [0.25, 0.3) is 0 Å². The van der Waals surface area contributed by atoms with Crippen molar-refractivity contribution in [2.24, 2.45) is 5.92 Å². The molecular weight excluding hydrogens is 342 g/mol. The SMILES string of the molecule is Cc1ccc2c3c(c(S)[nH]c13)CC1C2=CC(C(=O)N2CCC2C)CN1C. The summed E-state index contributed by atoms with van der Waals surface area (Å²) < 4.78 is 0. The molecule has 1 aliphatic carbocycles. The maximum Gasteiger partial charge on any atom is 0.231 e. The number of amides is 1. The molecule has 0 saturated carbocycles. The van der Waals surface area contributed by atoms with Gasteiger partial charge in [-0.3, -0.25) is 9.69 Å². The minimum absolute atomic E-state index is 0.0404. The Morgan fingerprint density at radius 2 is 2.15 bits per heavy atom. The number of aromatic amines is 1. The number of nitrogens with one attached hydrogen (secondary N) is 1. The van der Waals surface area contributed by atoms with Gasteiger partial charge in [0.15, 0.2) is 0 Å². The van der Waals surface area contributed by atoms with Crippen molar-refractivity contribution in [3.05, 3.63) is 34.9 Å². The second-order valence-corrected chi connectivity index (χ2v) is 8.64. The standard InChI is InChI=1S/C21H25N3OS/c1-11-4-5-14-15-8-13(21(25)24-7-6-12(24)2)10-23(3)17(15)9-16-18(14)19(11)22-20(16)26/h4-5,8,12-13,17,22,26H,6-7,9-10H2,1-3H3. The van der Waals surface area contributed by atoms with Crippen molar-refractivity contribution in [1.82, 2.24) is 14.8 Å². The molecule has 1 fully saturated rings. The molecule has 2 aromatic rings. The van der Waals surface area contributed by atoms with E-state index in [1.807, 2.05) is 4.90 Å². The van der Waals surface area contributed by atoms with Gasteiger partial charge in [-0.15, -0.1) is 12.6 Å². The van der Waals surface area contributed by atoms with E-state index in [0.29, 0.717) is 18.0 Å². The minimum atomic E-state index is -0.0404. The second-order valence-electron chi connectivity index (χ2n) is 8.19. The van der Waals surface area contributed by atoms with Gasteiger partial charge in [0.2, 0.25) is 5.91 Å². The number of hydrogen-bond acceptors (Lipinski definition) is 3. The Bertz CT molecular complexity index is 960. The quantitative estimate of drug-likeness (QED) is 0.760. The van der Waals surface area contributed by atoms with Crippen molar-refractivity contribution in [2.45, 2.75) is 43.8 Å². The number of likely N-dealkylation sites (N-methyl/N-ethyl adjacent to an activating group) is 1. The van der Waals surface area contributed by atoms with Gasteiger partial charge in [0.05, 0.1) is 16.5 Å². The predicted molar refractivity (Wildman–Crippen MR) is 108 cm³/mol. The zero-order chi connectivity index (χ0) is 18.2. The van der Waals surface area contributed by atoms with Crippen LogP contribution in [-0.4, -0.2) is 52.9 Å². The average Bonchev–Trinajstić information content (AvgIpc) is 2.94. The molecule has 3 unspecified atom stereocenters. The van der Waals surface area contributed by atoms with E-state index in [4.69, 9.17) is 12.6 Å². The monoisotopic (exact) mass is 367 g/mol. The lowest BCUT2D eigenvalue weighted by atomic mass is 9.79. The molecule has 4 nitrogen and oxygen atoms in total. The Morgan fingerprint density at radius 1 is 1.35 bits per heavy atom. The molecule has 5 rings (SSSR count). The van der Waals surface area contributed by atoms with Gasteiger partial charge in [0, 0.05) is 30.6 Å². The maximum atomic E-state index is 13.0. The molecule has 136 valence electrons. The molecule has 1 N–H and O–H groups in total. The highest BCUT2D eigenvalue weighted by Gasteiger charge is 2.39. The number of carbonyl (C=O) groups is 1. The lowest BCUT2D eigenvalue weighted by Gasteiger charge is -2.44. The van der Waals surface area contributed by atoms with E-state index in [2.05, 4.69) is 49.0 Å². The molecule has 26 heavy (non-hydrogen) atoms. The fourth-order valence-electron chi connectivity index (χ4n) is 4.92. The lowest BCUT2D eigenvalue weighted by molar-refractivity contribution is -0.141. The summed E-state index contributed by atoms with van der Waals surface area (Å²) in [5.74, 6) is 0.251. The van der Waals surface area contributed by atoms with Gasteiger partial charge < -0.3 is 9.88 Å². The number of H-pyrrole nitrogens is 1. The third-order valence-electron chi connectivity index (χ3n) is 6.63. The molecule has 1 aromatic carbocycles. The number of fused-ring (bicyclic) bond motifs is 2. The molecule has 3 atom stereocenters.